The summed E-state index contributed by atoms with van der Waals surface area (Å²) in [6.07, 6.45) is 3.50. The fourth-order valence-corrected chi connectivity index (χ4v) is 2.70. The number of carboxylic acid groups (broad SMARTS) is 1. The predicted molar refractivity (Wildman–Crippen MR) is 94.3 cm³/mol. The molecule has 0 saturated heterocycles. The van der Waals surface area contributed by atoms with Crippen molar-refractivity contribution in [2.75, 3.05) is 18.6 Å². The van der Waals surface area contributed by atoms with Crippen LogP contribution in [0.1, 0.15) is 21.5 Å². The summed E-state index contributed by atoms with van der Waals surface area (Å²) >= 11 is 0. The van der Waals surface area contributed by atoms with E-state index in [1.165, 1.54) is 13.2 Å². The van der Waals surface area contributed by atoms with Crippen molar-refractivity contribution in [2.45, 2.75) is 0 Å². The Morgan fingerprint density at radius 3 is 2.42 bits per heavy atom. The van der Waals surface area contributed by atoms with Gasteiger partial charge in [0, 0.05) is 0 Å². The highest BCUT2D eigenvalue weighted by Gasteiger charge is 2.36. The average molecular weight is 353 g/mol. The first kappa shape index (κ1) is 17.2. The largest absolute Gasteiger partial charge is 0.504 e. The monoisotopic (exact) mass is 353 g/mol. The molecule has 0 atom stereocenters. The molecular weight excluding hydrogens is 338 g/mol. The van der Waals surface area contributed by atoms with E-state index in [1.54, 1.807) is 42.5 Å². The van der Waals surface area contributed by atoms with Gasteiger partial charge in [-0.2, -0.15) is 0 Å². The Hall–Kier alpha value is -3.61. The van der Waals surface area contributed by atoms with Crippen LogP contribution < -0.4 is 9.64 Å². The maximum Gasteiger partial charge on any atom is 0.323 e. The average Bonchev–Trinajstić information content (AvgIpc) is 2.85. The Kier molecular flexibility index (Phi) is 4.45. The van der Waals surface area contributed by atoms with Crippen LogP contribution >= 0.6 is 0 Å². The van der Waals surface area contributed by atoms with E-state index in [-0.39, 0.29) is 11.3 Å². The maximum absolute atomic E-state index is 12.1. The first-order chi connectivity index (χ1) is 12.4. The standard InChI is InChI=1S/C19H15NO6/c1-26-16-9-12(5-7-15(16)21)3-2-11-4-6-14-13(8-11)18(24)19(25)20(14)10-17(22)23/h2-9,21H,10H2,1H3,(H,22,23)/b3-2+. The van der Waals surface area contributed by atoms with Crippen LogP contribution in [0.25, 0.3) is 12.2 Å². The Balaban J connectivity index is 1.89. The van der Waals surface area contributed by atoms with Gasteiger partial charge in [-0.25, -0.2) is 0 Å². The van der Waals surface area contributed by atoms with Crippen LogP contribution in [0.5, 0.6) is 11.5 Å². The number of carbonyl (C=O) groups is 3. The molecule has 3 rings (SSSR count). The first-order valence-electron chi connectivity index (χ1n) is 7.68. The highest BCUT2D eigenvalue weighted by Crippen LogP contribution is 2.31. The lowest BCUT2D eigenvalue weighted by Gasteiger charge is -2.13. The minimum Gasteiger partial charge on any atom is -0.504 e. The van der Waals surface area contributed by atoms with Crippen LogP contribution in [0.2, 0.25) is 0 Å². The highest BCUT2D eigenvalue weighted by molar-refractivity contribution is 6.52. The molecule has 0 fully saturated rings. The topological polar surface area (TPSA) is 104 Å². The second kappa shape index (κ2) is 6.72. The third-order valence-corrected chi connectivity index (χ3v) is 3.96. The number of anilines is 1. The van der Waals surface area contributed by atoms with Crippen LogP contribution in [0, 0.1) is 0 Å². The number of carbonyl (C=O) groups excluding carboxylic acids is 2. The van der Waals surface area contributed by atoms with Crippen LogP contribution in [0.15, 0.2) is 36.4 Å². The number of hydrogen-bond donors (Lipinski definition) is 2. The van der Waals surface area contributed by atoms with Crippen molar-refractivity contribution in [3.63, 3.8) is 0 Å². The molecule has 7 heteroatoms. The minimum absolute atomic E-state index is 0.0322. The van der Waals surface area contributed by atoms with Gasteiger partial charge in [0.1, 0.15) is 6.54 Å². The van der Waals surface area contributed by atoms with Crippen molar-refractivity contribution in [2.24, 2.45) is 0 Å². The number of nitrogens with zero attached hydrogens (tertiary/aromatic N) is 1. The van der Waals surface area contributed by atoms with E-state index in [4.69, 9.17) is 9.84 Å². The summed E-state index contributed by atoms with van der Waals surface area (Å²) in [7, 11) is 1.45. The van der Waals surface area contributed by atoms with E-state index >= 15 is 0 Å². The summed E-state index contributed by atoms with van der Waals surface area (Å²) in [5.41, 5.74) is 1.93. The molecule has 0 radical (unpaired) electrons. The molecule has 1 heterocycles. The molecule has 7 nitrogen and oxygen atoms in total. The molecule has 1 aliphatic rings. The lowest BCUT2D eigenvalue weighted by Crippen LogP contribution is -2.34. The van der Waals surface area contributed by atoms with E-state index in [2.05, 4.69) is 0 Å². The molecule has 26 heavy (non-hydrogen) atoms. The molecule has 0 saturated carbocycles. The zero-order chi connectivity index (χ0) is 18.8. The molecule has 1 aliphatic heterocycles. The van der Waals surface area contributed by atoms with Crippen molar-refractivity contribution in [3.8, 4) is 11.5 Å². The number of fused-ring (bicyclic) bond motifs is 1. The van der Waals surface area contributed by atoms with Crippen molar-refractivity contribution < 1.29 is 29.3 Å². The summed E-state index contributed by atoms with van der Waals surface area (Å²) in [6, 6.07) is 9.65. The summed E-state index contributed by atoms with van der Waals surface area (Å²) < 4.78 is 5.05. The third kappa shape index (κ3) is 3.14. The molecule has 132 valence electrons. The smallest absolute Gasteiger partial charge is 0.323 e. The maximum atomic E-state index is 12.1. The van der Waals surface area contributed by atoms with Gasteiger partial charge in [-0.3, -0.25) is 19.3 Å². The van der Waals surface area contributed by atoms with Gasteiger partial charge in [0.2, 0.25) is 0 Å². The molecular formula is C19H15NO6. The molecule has 1 amide bonds. The number of aromatic hydroxyl groups is 1. The van der Waals surface area contributed by atoms with Gasteiger partial charge in [-0.05, 0) is 35.4 Å². The molecule has 0 bridgehead atoms. The number of phenols is 1. The van der Waals surface area contributed by atoms with Gasteiger partial charge >= 0.3 is 5.97 Å². The molecule has 0 unspecified atom stereocenters. The second-order valence-corrected chi connectivity index (χ2v) is 5.66. The number of Topliss-reactive ketones (excluding diaryl/α,β-unsaturated/α-hetero) is 1. The summed E-state index contributed by atoms with van der Waals surface area (Å²) in [6.45, 7) is -0.555. The molecule has 0 spiro atoms. The number of aliphatic carboxylic acids is 1. The normalized spacial score (nSPS) is 13.3. The summed E-state index contributed by atoms with van der Waals surface area (Å²) in [5.74, 6) is -2.38. The highest BCUT2D eigenvalue weighted by atomic mass is 16.5. The van der Waals surface area contributed by atoms with Crippen LogP contribution in [-0.4, -0.2) is 41.5 Å². The zero-order valence-corrected chi connectivity index (χ0v) is 13.8. The predicted octanol–water partition coefficient (Wildman–Crippen LogP) is 2.19. The van der Waals surface area contributed by atoms with Crippen LogP contribution in [-0.2, 0) is 9.59 Å². The molecule has 2 aromatic rings. The first-order valence-corrected chi connectivity index (χ1v) is 7.68. The number of carboxylic acids is 1. The van der Waals surface area contributed by atoms with Crippen LogP contribution in [0.3, 0.4) is 0 Å². The Morgan fingerprint density at radius 1 is 1.12 bits per heavy atom. The lowest BCUT2D eigenvalue weighted by molar-refractivity contribution is -0.136. The van der Waals surface area contributed by atoms with E-state index in [0.29, 0.717) is 17.0 Å². The molecule has 2 N–H and O–H groups in total. The van der Waals surface area contributed by atoms with Gasteiger partial charge in [0.15, 0.2) is 11.5 Å². The van der Waals surface area contributed by atoms with Gasteiger partial charge < -0.3 is 14.9 Å². The Morgan fingerprint density at radius 2 is 1.77 bits per heavy atom. The van der Waals surface area contributed by atoms with Crippen LogP contribution in [0.4, 0.5) is 5.69 Å². The van der Waals surface area contributed by atoms with Gasteiger partial charge in [0.05, 0.1) is 18.4 Å². The Labute approximate surface area is 148 Å². The number of methoxy groups -OCH3 is 1. The number of ether oxygens (including phenoxy) is 1. The van der Waals surface area contributed by atoms with E-state index in [1.807, 2.05) is 0 Å². The van der Waals surface area contributed by atoms with Crippen molar-refractivity contribution >= 4 is 35.5 Å². The van der Waals surface area contributed by atoms with E-state index in [0.717, 1.165) is 10.5 Å². The number of rotatable bonds is 5. The fraction of sp³-hybridized carbons (Fsp3) is 0.105. The molecule has 0 aromatic heterocycles. The lowest BCUT2D eigenvalue weighted by atomic mass is 10.1. The fourth-order valence-electron chi connectivity index (χ4n) is 2.70. The van der Waals surface area contributed by atoms with Gasteiger partial charge in [-0.1, -0.05) is 24.3 Å². The van der Waals surface area contributed by atoms with E-state index in [9.17, 15) is 19.5 Å². The van der Waals surface area contributed by atoms with Crippen molar-refractivity contribution in [3.05, 3.63) is 53.1 Å². The number of phenolic OH excluding ortho intramolecular Hbond substituents is 1. The molecule has 0 aliphatic carbocycles. The number of ketones is 1. The summed E-state index contributed by atoms with van der Waals surface area (Å²) in [4.78, 5) is 35.9. The van der Waals surface area contributed by atoms with E-state index < -0.39 is 24.2 Å². The zero-order valence-electron chi connectivity index (χ0n) is 13.8. The SMILES string of the molecule is COc1cc(/C=C/c2ccc3c(c2)C(=O)C(=O)N3CC(=O)O)ccc1O. The second-order valence-electron chi connectivity index (χ2n) is 5.66. The summed E-state index contributed by atoms with van der Waals surface area (Å²) in [5, 5.41) is 18.5. The number of hydrogen-bond acceptors (Lipinski definition) is 5. The van der Waals surface area contributed by atoms with Crippen molar-refractivity contribution in [1.82, 2.24) is 0 Å². The molecule has 2 aromatic carbocycles. The van der Waals surface area contributed by atoms with Gasteiger partial charge in [-0.15, -0.1) is 0 Å². The Bertz CT molecular complexity index is 947. The third-order valence-electron chi connectivity index (χ3n) is 3.96. The quantitative estimate of drug-likeness (QED) is 0.631. The number of benzene rings is 2. The minimum atomic E-state index is -1.19. The number of amides is 1. The van der Waals surface area contributed by atoms with Gasteiger partial charge in [0.25, 0.3) is 11.7 Å². The van der Waals surface area contributed by atoms with Crippen molar-refractivity contribution in [1.29, 1.82) is 0 Å².